The van der Waals surface area contributed by atoms with Crippen molar-refractivity contribution in [2.75, 3.05) is 0 Å². The van der Waals surface area contributed by atoms with E-state index in [1.165, 1.54) is 18.4 Å². The van der Waals surface area contributed by atoms with Gasteiger partial charge in [0.05, 0.1) is 6.10 Å². The summed E-state index contributed by atoms with van der Waals surface area (Å²) < 4.78 is 0. The smallest absolute Gasteiger partial charge is 0.116 e. The Hall–Kier alpha value is -1.80. The van der Waals surface area contributed by atoms with E-state index in [-0.39, 0.29) is 6.10 Å². The summed E-state index contributed by atoms with van der Waals surface area (Å²) in [5.74, 6) is 1.99. The van der Waals surface area contributed by atoms with Crippen LogP contribution in [-0.2, 0) is 0 Å². The molecule has 2 fully saturated rings. The van der Waals surface area contributed by atoms with Gasteiger partial charge in [0.15, 0.2) is 0 Å². The quantitative estimate of drug-likeness (QED) is 0.825. The number of phenols is 1. The molecule has 2 aromatic rings. The van der Waals surface area contributed by atoms with Gasteiger partial charge in [-0.05, 0) is 61.3 Å². The van der Waals surface area contributed by atoms with Crippen molar-refractivity contribution in [3.63, 3.8) is 0 Å². The average Bonchev–Trinajstić information content (AvgIpc) is 3.18. The van der Waals surface area contributed by atoms with E-state index in [1.807, 2.05) is 24.3 Å². The van der Waals surface area contributed by atoms with Gasteiger partial charge in [0, 0.05) is 0 Å². The Morgan fingerprint density at radius 2 is 1.67 bits per heavy atom. The fourth-order valence-electron chi connectivity index (χ4n) is 3.18. The summed E-state index contributed by atoms with van der Waals surface area (Å²) >= 11 is 0. The predicted molar refractivity (Wildman–Crippen MR) is 85.1 cm³/mol. The molecule has 0 amide bonds. The highest BCUT2D eigenvalue weighted by molar-refractivity contribution is 5.65. The van der Waals surface area contributed by atoms with E-state index in [0.29, 0.717) is 5.75 Å². The average molecular weight is 282 g/mol. The minimum Gasteiger partial charge on any atom is -0.508 e. The van der Waals surface area contributed by atoms with Gasteiger partial charge in [-0.1, -0.05) is 42.0 Å². The molecule has 2 nitrogen and oxygen atoms in total. The SMILES string of the molecule is Cc1cccc(-c2cccc(O)c2)c1.OC1CCC2CC12. The normalized spacial score (nSPS) is 25.7. The topological polar surface area (TPSA) is 40.5 Å². The maximum absolute atomic E-state index is 9.34. The van der Waals surface area contributed by atoms with E-state index in [9.17, 15) is 5.11 Å². The zero-order chi connectivity index (χ0) is 14.8. The van der Waals surface area contributed by atoms with Crippen molar-refractivity contribution in [3.8, 4) is 16.9 Å². The van der Waals surface area contributed by atoms with Crippen molar-refractivity contribution in [1.82, 2.24) is 0 Å². The minimum absolute atomic E-state index is 0.0880. The van der Waals surface area contributed by atoms with Crippen LogP contribution in [0.4, 0.5) is 0 Å². The van der Waals surface area contributed by atoms with Crippen LogP contribution in [0.15, 0.2) is 48.5 Å². The molecule has 2 aliphatic carbocycles. The first-order valence-electron chi connectivity index (χ1n) is 7.67. The number of phenolic OH excluding ortho intramolecular Hbond substituents is 1. The van der Waals surface area contributed by atoms with Gasteiger partial charge >= 0.3 is 0 Å². The lowest BCUT2D eigenvalue weighted by molar-refractivity contribution is 0.159. The molecular weight excluding hydrogens is 260 g/mol. The molecule has 0 bridgehead atoms. The van der Waals surface area contributed by atoms with Crippen LogP contribution in [0.1, 0.15) is 24.8 Å². The summed E-state index contributed by atoms with van der Waals surface area (Å²) in [6.45, 7) is 2.06. The molecule has 0 heterocycles. The lowest BCUT2D eigenvalue weighted by atomic mass is 10.0. The third kappa shape index (κ3) is 3.45. The molecule has 0 aromatic heterocycles. The molecule has 110 valence electrons. The van der Waals surface area contributed by atoms with Crippen LogP contribution in [-0.4, -0.2) is 16.3 Å². The van der Waals surface area contributed by atoms with Gasteiger partial charge in [-0.2, -0.15) is 0 Å². The Labute approximate surface area is 126 Å². The molecule has 21 heavy (non-hydrogen) atoms. The third-order valence-corrected chi connectivity index (χ3v) is 4.50. The number of benzene rings is 2. The first-order chi connectivity index (χ1) is 10.1. The summed E-state index contributed by atoms with van der Waals surface area (Å²) in [4.78, 5) is 0. The molecule has 0 radical (unpaired) electrons. The molecule has 2 saturated carbocycles. The maximum atomic E-state index is 9.34. The fourth-order valence-corrected chi connectivity index (χ4v) is 3.18. The molecule has 4 rings (SSSR count). The molecule has 3 atom stereocenters. The first-order valence-corrected chi connectivity index (χ1v) is 7.67. The Morgan fingerprint density at radius 1 is 0.952 bits per heavy atom. The number of aryl methyl sites for hydroxylation is 1. The van der Waals surface area contributed by atoms with E-state index in [0.717, 1.165) is 29.4 Å². The number of hydrogen-bond acceptors (Lipinski definition) is 2. The highest BCUT2D eigenvalue weighted by atomic mass is 16.3. The molecule has 0 spiro atoms. The summed E-state index contributed by atoms with van der Waals surface area (Å²) in [6.07, 6.45) is 3.78. The number of aliphatic hydroxyl groups is 1. The van der Waals surface area contributed by atoms with Crippen LogP contribution < -0.4 is 0 Å². The molecule has 0 aliphatic heterocycles. The van der Waals surface area contributed by atoms with Crippen LogP contribution in [0.5, 0.6) is 5.75 Å². The molecule has 0 saturated heterocycles. The molecule has 2 aromatic carbocycles. The molecular formula is C19H22O2. The first kappa shape index (κ1) is 14.2. The van der Waals surface area contributed by atoms with Crippen LogP contribution >= 0.6 is 0 Å². The third-order valence-electron chi connectivity index (χ3n) is 4.50. The zero-order valence-electron chi connectivity index (χ0n) is 12.4. The van der Waals surface area contributed by atoms with E-state index < -0.39 is 0 Å². The Kier molecular flexibility index (Phi) is 3.98. The number of fused-ring (bicyclic) bond motifs is 1. The molecule has 2 N–H and O–H groups in total. The van der Waals surface area contributed by atoms with E-state index >= 15 is 0 Å². The number of hydrogen-bond donors (Lipinski definition) is 2. The number of aliphatic hydroxyl groups excluding tert-OH is 1. The Morgan fingerprint density at radius 3 is 2.14 bits per heavy atom. The van der Waals surface area contributed by atoms with Crippen LogP contribution in [0.25, 0.3) is 11.1 Å². The number of aromatic hydroxyl groups is 1. The Bertz CT molecular complexity index is 577. The van der Waals surface area contributed by atoms with Gasteiger partial charge in [-0.15, -0.1) is 0 Å². The molecule has 2 heteroatoms. The van der Waals surface area contributed by atoms with Crippen molar-refractivity contribution >= 4 is 0 Å². The van der Waals surface area contributed by atoms with Gasteiger partial charge < -0.3 is 10.2 Å². The largest absolute Gasteiger partial charge is 0.508 e. The van der Waals surface area contributed by atoms with Gasteiger partial charge in [0.2, 0.25) is 0 Å². The van der Waals surface area contributed by atoms with Crippen molar-refractivity contribution in [2.24, 2.45) is 11.8 Å². The molecule has 3 unspecified atom stereocenters. The summed E-state index contributed by atoms with van der Waals surface area (Å²) in [5, 5.41) is 18.4. The second-order valence-electron chi connectivity index (χ2n) is 6.22. The second kappa shape index (κ2) is 5.90. The van der Waals surface area contributed by atoms with E-state index in [2.05, 4.69) is 19.1 Å². The van der Waals surface area contributed by atoms with Crippen molar-refractivity contribution < 1.29 is 10.2 Å². The zero-order valence-corrected chi connectivity index (χ0v) is 12.4. The monoisotopic (exact) mass is 282 g/mol. The van der Waals surface area contributed by atoms with Crippen LogP contribution in [0.3, 0.4) is 0 Å². The highest BCUT2D eigenvalue weighted by Crippen LogP contribution is 2.51. The summed E-state index contributed by atoms with van der Waals surface area (Å²) in [6, 6.07) is 15.5. The fraction of sp³-hybridized carbons (Fsp3) is 0.368. The molecule has 2 aliphatic rings. The van der Waals surface area contributed by atoms with Crippen LogP contribution in [0, 0.1) is 18.8 Å². The van der Waals surface area contributed by atoms with E-state index in [1.54, 1.807) is 12.1 Å². The van der Waals surface area contributed by atoms with Gasteiger partial charge in [-0.25, -0.2) is 0 Å². The van der Waals surface area contributed by atoms with Crippen LogP contribution in [0.2, 0.25) is 0 Å². The lowest BCUT2D eigenvalue weighted by Crippen LogP contribution is -2.02. The van der Waals surface area contributed by atoms with Gasteiger partial charge in [0.25, 0.3) is 0 Å². The minimum atomic E-state index is 0.0880. The standard InChI is InChI=1S/C13H12O.C6H10O/c1-10-4-2-5-11(8-10)12-6-3-7-13(14)9-12;7-6-2-1-4-3-5(4)6/h2-9,14H,1H3;4-7H,1-3H2. The lowest BCUT2D eigenvalue weighted by Gasteiger charge is -2.02. The summed E-state index contributed by atoms with van der Waals surface area (Å²) in [5.41, 5.74) is 3.42. The second-order valence-corrected chi connectivity index (χ2v) is 6.22. The maximum Gasteiger partial charge on any atom is 0.116 e. The van der Waals surface area contributed by atoms with Crippen molar-refractivity contribution in [3.05, 3.63) is 54.1 Å². The van der Waals surface area contributed by atoms with Crippen molar-refractivity contribution in [1.29, 1.82) is 0 Å². The number of rotatable bonds is 1. The van der Waals surface area contributed by atoms with E-state index in [4.69, 9.17) is 5.11 Å². The Balaban J connectivity index is 0.000000156. The van der Waals surface area contributed by atoms with Gasteiger partial charge in [0.1, 0.15) is 5.75 Å². The summed E-state index contributed by atoms with van der Waals surface area (Å²) in [7, 11) is 0. The highest BCUT2D eigenvalue weighted by Gasteiger charge is 2.47. The predicted octanol–water partition coefficient (Wildman–Crippen LogP) is 4.14. The van der Waals surface area contributed by atoms with Gasteiger partial charge in [-0.3, -0.25) is 0 Å². The van der Waals surface area contributed by atoms with Crippen molar-refractivity contribution in [2.45, 2.75) is 32.3 Å².